The van der Waals surface area contributed by atoms with E-state index in [4.69, 9.17) is 4.52 Å². The molecule has 0 radical (unpaired) electrons. The largest absolute Gasteiger partial charge is 0.343 e. The molecule has 25 heavy (non-hydrogen) atoms. The second-order valence-corrected chi connectivity index (χ2v) is 5.81. The second-order valence-electron chi connectivity index (χ2n) is 5.81. The SMILES string of the molecule is O=C(NCc1nc(-c2cccnc2)no1)c1cc2c([nH]c1=O)CCC2. The zero-order valence-corrected chi connectivity index (χ0v) is 13.3. The average Bonchev–Trinajstić information content (AvgIpc) is 3.28. The normalized spacial score (nSPS) is 12.8. The number of hydrogen-bond donors (Lipinski definition) is 2. The lowest BCUT2D eigenvalue weighted by Crippen LogP contribution is -2.30. The Labute approximate surface area is 142 Å². The molecule has 3 aromatic heterocycles. The van der Waals surface area contributed by atoms with E-state index in [1.807, 2.05) is 6.07 Å². The molecule has 3 heterocycles. The fourth-order valence-electron chi connectivity index (χ4n) is 2.87. The van der Waals surface area contributed by atoms with Gasteiger partial charge in [0.25, 0.3) is 11.5 Å². The highest BCUT2D eigenvalue weighted by Gasteiger charge is 2.18. The molecular weight excluding hydrogens is 322 g/mol. The van der Waals surface area contributed by atoms with Crippen LogP contribution in [0.1, 0.15) is 33.9 Å². The van der Waals surface area contributed by atoms with Crippen molar-refractivity contribution in [3.05, 3.63) is 63.7 Å². The van der Waals surface area contributed by atoms with Crippen LogP contribution in [-0.4, -0.2) is 26.0 Å². The number of aromatic nitrogens is 4. The molecule has 0 atom stereocenters. The number of amides is 1. The van der Waals surface area contributed by atoms with E-state index in [-0.39, 0.29) is 23.6 Å². The monoisotopic (exact) mass is 337 g/mol. The number of nitrogens with zero attached hydrogens (tertiary/aromatic N) is 3. The van der Waals surface area contributed by atoms with E-state index < -0.39 is 5.91 Å². The molecule has 1 aliphatic carbocycles. The molecule has 0 saturated carbocycles. The Morgan fingerprint density at radius 1 is 1.36 bits per heavy atom. The predicted octanol–water partition coefficient (Wildman–Crippen LogP) is 1.24. The van der Waals surface area contributed by atoms with E-state index in [1.165, 1.54) is 0 Å². The first-order valence-electron chi connectivity index (χ1n) is 7.97. The van der Waals surface area contributed by atoms with Crippen molar-refractivity contribution in [1.82, 2.24) is 25.4 Å². The highest BCUT2D eigenvalue weighted by atomic mass is 16.5. The zero-order chi connectivity index (χ0) is 17.2. The first kappa shape index (κ1) is 15.3. The number of aromatic amines is 1. The van der Waals surface area contributed by atoms with Crippen LogP contribution in [0.4, 0.5) is 0 Å². The molecule has 0 aromatic carbocycles. The minimum absolute atomic E-state index is 0.0443. The molecule has 2 N–H and O–H groups in total. The summed E-state index contributed by atoms with van der Waals surface area (Å²) in [5.41, 5.74) is 2.41. The Balaban J connectivity index is 1.46. The minimum atomic E-state index is -0.461. The van der Waals surface area contributed by atoms with Crippen molar-refractivity contribution in [2.75, 3.05) is 0 Å². The topological polar surface area (TPSA) is 114 Å². The maximum Gasteiger partial charge on any atom is 0.261 e. The molecular formula is C17H15N5O3. The molecule has 8 nitrogen and oxygen atoms in total. The molecule has 3 aromatic rings. The number of H-pyrrole nitrogens is 1. The smallest absolute Gasteiger partial charge is 0.261 e. The maximum atomic E-state index is 12.3. The van der Waals surface area contributed by atoms with Gasteiger partial charge in [-0.15, -0.1) is 0 Å². The number of nitrogens with one attached hydrogen (secondary N) is 2. The van der Waals surface area contributed by atoms with E-state index in [1.54, 1.807) is 24.5 Å². The van der Waals surface area contributed by atoms with Crippen molar-refractivity contribution < 1.29 is 9.32 Å². The third-order valence-corrected chi connectivity index (χ3v) is 4.12. The molecule has 0 spiro atoms. The molecule has 0 bridgehead atoms. The molecule has 126 valence electrons. The Bertz CT molecular complexity index is 977. The number of fused-ring (bicyclic) bond motifs is 1. The third kappa shape index (κ3) is 3.06. The van der Waals surface area contributed by atoms with Crippen molar-refractivity contribution in [3.8, 4) is 11.4 Å². The quantitative estimate of drug-likeness (QED) is 0.740. The molecule has 8 heteroatoms. The summed E-state index contributed by atoms with van der Waals surface area (Å²) < 4.78 is 5.12. The van der Waals surface area contributed by atoms with Crippen LogP contribution in [0, 0.1) is 0 Å². The zero-order valence-electron chi connectivity index (χ0n) is 13.3. The number of carbonyl (C=O) groups is 1. The summed E-state index contributed by atoms with van der Waals surface area (Å²) in [7, 11) is 0. The molecule has 1 amide bonds. The summed E-state index contributed by atoms with van der Waals surface area (Å²) in [6.45, 7) is 0.0443. The summed E-state index contributed by atoms with van der Waals surface area (Å²) in [6, 6.07) is 5.25. The number of rotatable bonds is 4. The van der Waals surface area contributed by atoms with Crippen molar-refractivity contribution in [2.24, 2.45) is 0 Å². The standard InChI is InChI=1S/C17H15N5O3/c23-16(12-7-10-3-1-5-13(10)20-17(12)24)19-9-14-21-15(22-25-14)11-4-2-6-18-8-11/h2,4,6-8H,1,3,5,9H2,(H,19,23)(H,20,24). The Morgan fingerprint density at radius 2 is 2.28 bits per heavy atom. The van der Waals surface area contributed by atoms with Crippen molar-refractivity contribution in [2.45, 2.75) is 25.8 Å². The predicted molar refractivity (Wildman–Crippen MR) is 87.8 cm³/mol. The minimum Gasteiger partial charge on any atom is -0.343 e. The van der Waals surface area contributed by atoms with Gasteiger partial charge in [0.2, 0.25) is 11.7 Å². The second kappa shape index (κ2) is 6.31. The van der Waals surface area contributed by atoms with Crippen molar-refractivity contribution in [3.63, 3.8) is 0 Å². The maximum absolute atomic E-state index is 12.3. The molecule has 0 saturated heterocycles. The van der Waals surface area contributed by atoms with Gasteiger partial charge in [-0.1, -0.05) is 5.16 Å². The highest BCUT2D eigenvalue weighted by Crippen LogP contribution is 2.19. The summed E-state index contributed by atoms with van der Waals surface area (Å²) in [5, 5.41) is 6.50. The van der Waals surface area contributed by atoms with Crippen LogP contribution < -0.4 is 10.9 Å². The fourth-order valence-corrected chi connectivity index (χ4v) is 2.87. The van der Waals surface area contributed by atoms with Gasteiger partial charge in [-0.05, 0) is 43.0 Å². The van der Waals surface area contributed by atoms with Gasteiger partial charge in [0.1, 0.15) is 5.56 Å². The van der Waals surface area contributed by atoms with Crippen LogP contribution in [0.25, 0.3) is 11.4 Å². The number of pyridine rings is 2. The molecule has 1 aliphatic rings. The van der Waals surface area contributed by atoms with Crippen molar-refractivity contribution in [1.29, 1.82) is 0 Å². The Hall–Kier alpha value is -3.29. The first-order chi connectivity index (χ1) is 12.2. The van der Waals surface area contributed by atoms with E-state index in [9.17, 15) is 9.59 Å². The number of carbonyl (C=O) groups excluding carboxylic acids is 1. The lowest BCUT2D eigenvalue weighted by atomic mass is 10.1. The lowest BCUT2D eigenvalue weighted by Gasteiger charge is -2.04. The van der Waals surface area contributed by atoms with E-state index in [2.05, 4.69) is 25.4 Å². The third-order valence-electron chi connectivity index (χ3n) is 4.12. The van der Waals surface area contributed by atoms with Gasteiger partial charge in [0.15, 0.2) is 0 Å². The highest BCUT2D eigenvalue weighted by molar-refractivity contribution is 5.94. The molecule has 0 aliphatic heterocycles. The summed E-state index contributed by atoms with van der Waals surface area (Å²) in [4.78, 5) is 35.3. The van der Waals surface area contributed by atoms with Crippen LogP contribution in [-0.2, 0) is 19.4 Å². The first-order valence-corrected chi connectivity index (χ1v) is 7.97. The number of hydrogen-bond acceptors (Lipinski definition) is 6. The van der Waals surface area contributed by atoms with Gasteiger partial charge in [-0.3, -0.25) is 14.6 Å². The Morgan fingerprint density at radius 3 is 3.12 bits per heavy atom. The molecule has 0 fully saturated rings. The van der Waals surface area contributed by atoms with Crippen LogP contribution in [0.3, 0.4) is 0 Å². The van der Waals surface area contributed by atoms with E-state index >= 15 is 0 Å². The molecule has 0 unspecified atom stereocenters. The van der Waals surface area contributed by atoms with Crippen LogP contribution >= 0.6 is 0 Å². The van der Waals surface area contributed by atoms with Crippen LogP contribution in [0.5, 0.6) is 0 Å². The lowest BCUT2D eigenvalue weighted by molar-refractivity contribution is 0.0944. The average molecular weight is 337 g/mol. The van der Waals surface area contributed by atoms with Gasteiger partial charge in [0.05, 0.1) is 6.54 Å². The van der Waals surface area contributed by atoms with Gasteiger partial charge >= 0.3 is 0 Å². The van der Waals surface area contributed by atoms with Crippen LogP contribution in [0.15, 0.2) is 39.9 Å². The van der Waals surface area contributed by atoms with Crippen molar-refractivity contribution >= 4 is 5.91 Å². The molecule has 4 rings (SSSR count). The summed E-state index contributed by atoms with van der Waals surface area (Å²) in [5.74, 6) is 0.189. The van der Waals surface area contributed by atoms with Gasteiger partial charge in [-0.2, -0.15) is 4.98 Å². The fraction of sp³-hybridized carbons (Fsp3) is 0.235. The van der Waals surface area contributed by atoms with E-state index in [0.717, 1.165) is 36.1 Å². The summed E-state index contributed by atoms with van der Waals surface area (Å²) >= 11 is 0. The van der Waals surface area contributed by atoms with Gasteiger partial charge < -0.3 is 14.8 Å². The number of aryl methyl sites for hydroxylation is 2. The summed E-state index contributed by atoms with van der Waals surface area (Å²) in [6.07, 6.45) is 6.00. The van der Waals surface area contributed by atoms with Crippen LogP contribution in [0.2, 0.25) is 0 Å². The van der Waals surface area contributed by atoms with Gasteiger partial charge in [-0.25, -0.2) is 0 Å². The van der Waals surface area contributed by atoms with E-state index in [0.29, 0.717) is 5.82 Å². The van der Waals surface area contributed by atoms with Gasteiger partial charge in [0, 0.05) is 23.7 Å². The Kier molecular flexibility index (Phi) is 3.85.